The Labute approximate surface area is 105 Å². The van der Waals surface area contributed by atoms with E-state index in [-0.39, 0.29) is 11.9 Å². The van der Waals surface area contributed by atoms with Gasteiger partial charge in [0.05, 0.1) is 6.10 Å². The van der Waals surface area contributed by atoms with E-state index in [4.69, 9.17) is 10.5 Å². The second kappa shape index (κ2) is 4.94. The molecule has 0 unspecified atom stereocenters. The molecule has 1 saturated carbocycles. The zero-order valence-corrected chi connectivity index (χ0v) is 10.3. The number of carbonyl (C=O) groups is 1. The van der Waals surface area contributed by atoms with Crippen molar-refractivity contribution in [2.45, 2.75) is 31.4 Å². The van der Waals surface area contributed by atoms with E-state index >= 15 is 0 Å². The van der Waals surface area contributed by atoms with E-state index in [9.17, 15) is 9.18 Å². The first-order chi connectivity index (χ1) is 8.55. The highest BCUT2D eigenvalue weighted by atomic mass is 19.1. The van der Waals surface area contributed by atoms with Crippen LogP contribution in [-0.2, 0) is 9.53 Å². The predicted octanol–water partition coefficient (Wildman–Crippen LogP) is 1.66. The fourth-order valence-electron chi connectivity index (χ4n) is 2.25. The van der Waals surface area contributed by atoms with E-state index in [1.807, 2.05) is 6.92 Å². The topological polar surface area (TPSA) is 64.3 Å². The Morgan fingerprint density at radius 2 is 2.11 bits per heavy atom. The number of hydrogen-bond donors (Lipinski definition) is 2. The van der Waals surface area contributed by atoms with Crippen LogP contribution in [0.2, 0.25) is 0 Å². The molecule has 5 heteroatoms. The second-order valence-electron chi connectivity index (χ2n) is 4.56. The zero-order chi connectivity index (χ0) is 13.2. The lowest BCUT2D eigenvalue weighted by atomic mass is 9.73. The van der Waals surface area contributed by atoms with Crippen LogP contribution in [0.15, 0.2) is 24.3 Å². The standard InChI is InChI=1S/C13H17FN2O2/c1-2-18-11-7-13(8-11,12(15)17)16-10-5-3-9(14)4-6-10/h3-6,11,16H,2,7-8H2,1H3,(H2,15,17). The number of primary amides is 1. The highest BCUT2D eigenvalue weighted by Crippen LogP contribution is 2.37. The van der Waals surface area contributed by atoms with Crippen molar-refractivity contribution in [3.8, 4) is 0 Å². The third-order valence-corrected chi connectivity index (χ3v) is 3.25. The molecule has 0 spiro atoms. The minimum absolute atomic E-state index is 0.0652. The molecule has 1 fully saturated rings. The maximum Gasteiger partial charge on any atom is 0.243 e. The van der Waals surface area contributed by atoms with Crippen molar-refractivity contribution in [1.82, 2.24) is 0 Å². The number of hydrogen-bond acceptors (Lipinski definition) is 3. The van der Waals surface area contributed by atoms with Gasteiger partial charge >= 0.3 is 0 Å². The van der Waals surface area contributed by atoms with Gasteiger partial charge in [-0.05, 0) is 31.2 Å². The van der Waals surface area contributed by atoms with Gasteiger partial charge in [-0.25, -0.2) is 4.39 Å². The molecule has 1 amide bonds. The monoisotopic (exact) mass is 252 g/mol. The van der Waals surface area contributed by atoms with Crippen LogP contribution in [0.4, 0.5) is 10.1 Å². The molecule has 1 aliphatic rings. The number of anilines is 1. The van der Waals surface area contributed by atoms with E-state index in [1.54, 1.807) is 12.1 Å². The molecule has 0 radical (unpaired) electrons. The van der Waals surface area contributed by atoms with Crippen LogP contribution < -0.4 is 11.1 Å². The van der Waals surface area contributed by atoms with Gasteiger partial charge in [0.1, 0.15) is 11.4 Å². The summed E-state index contributed by atoms with van der Waals surface area (Å²) in [5, 5.41) is 3.09. The van der Waals surface area contributed by atoms with Crippen molar-refractivity contribution in [3.63, 3.8) is 0 Å². The molecule has 0 aromatic heterocycles. The fourth-order valence-corrected chi connectivity index (χ4v) is 2.25. The first-order valence-electron chi connectivity index (χ1n) is 6.01. The van der Waals surface area contributed by atoms with Crippen molar-refractivity contribution in [1.29, 1.82) is 0 Å². The van der Waals surface area contributed by atoms with Gasteiger partial charge in [-0.2, -0.15) is 0 Å². The first-order valence-corrected chi connectivity index (χ1v) is 6.01. The molecule has 1 aliphatic carbocycles. The van der Waals surface area contributed by atoms with E-state index in [2.05, 4.69) is 5.32 Å². The van der Waals surface area contributed by atoms with Gasteiger partial charge < -0.3 is 15.8 Å². The second-order valence-corrected chi connectivity index (χ2v) is 4.56. The summed E-state index contributed by atoms with van der Waals surface area (Å²) >= 11 is 0. The summed E-state index contributed by atoms with van der Waals surface area (Å²) < 4.78 is 18.2. The fraction of sp³-hybridized carbons (Fsp3) is 0.462. The molecule has 18 heavy (non-hydrogen) atoms. The lowest BCUT2D eigenvalue weighted by Gasteiger charge is -2.45. The van der Waals surface area contributed by atoms with Crippen LogP contribution in [0.3, 0.4) is 0 Å². The lowest BCUT2D eigenvalue weighted by molar-refractivity contribution is -0.131. The first kappa shape index (κ1) is 12.8. The van der Waals surface area contributed by atoms with Gasteiger partial charge in [-0.3, -0.25) is 4.79 Å². The number of rotatable bonds is 5. The zero-order valence-electron chi connectivity index (χ0n) is 10.3. The van der Waals surface area contributed by atoms with Gasteiger partial charge in [0.2, 0.25) is 5.91 Å². The van der Waals surface area contributed by atoms with Gasteiger partial charge in [-0.15, -0.1) is 0 Å². The van der Waals surface area contributed by atoms with Crippen molar-refractivity contribution >= 4 is 11.6 Å². The van der Waals surface area contributed by atoms with Crippen molar-refractivity contribution < 1.29 is 13.9 Å². The Morgan fingerprint density at radius 1 is 1.50 bits per heavy atom. The summed E-state index contributed by atoms with van der Waals surface area (Å²) in [6, 6.07) is 5.87. The average Bonchev–Trinajstić information content (AvgIpc) is 2.28. The Balaban J connectivity index is 2.05. The van der Waals surface area contributed by atoms with Gasteiger partial charge in [0.25, 0.3) is 0 Å². The summed E-state index contributed by atoms with van der Waals surface area (Å²) in [7, 11) is 0. The molecule has 0 heterocycles. The Kier molecular flexibility index (Phi) is 3.52. The van der Waals surface area contributed by atoms with Crippen molar-refractivity contribution in [2.75, 3.05) is 11.9 Å². The lowest BCUT2D eigenvalue weighted by Crippen LogP contribution is -2.61. The summed E-state index contributed by atoms with van der Waals surface area (Å²) in [6.07, 6.45) is 1.16. The van der Waals surface area contributed by atoms with Crippen LogP contribution in [-0.4, -0.2) is 24.2 Å². The average molecular weight is 252 g/mol. The van der Waals surface area contributed by atoms with E-state index in [1.165, 1.54) is 12.1 Å². The number of carbonyl (C=O) groups excluding carboxylic acids is 1. The van der Waals surface area contributed by atoms with Gasteiger partial charge in [0, 0.05) is 25.1 Å². The van der Waals surface area contributed by atoms with E-state index < -0.39 is 11.4 Å². The van der Waals surface area contributed by atoms with Gasteiger partial charge in [0.15, 0.2) is 0 Å². The van der Waals surface area contributed by atoms with Gasteiger partial charge in [-0.1, -0.05) is 0 Å². The van der Waals surface area contributed by atoms with Crippen LogP contribution >= 0.6 is 0 Å². The quantitative estimate of drug-likeness (QED) is 0.837. The summed E-state index contributed by atoms with van der Waals surface area (Å²) in [4.78, 5) is 11.6. The molecule has 0 saturated heterocycles. The van der Waals surface area contributed by atoms with Crippen LogP contribution in [0.5, 0.6) is 0 Å². The summed E-state index contributed by atoms with van der Waals surface area (Å²) in [5.41, 5.74) is 5.36. The minimum atomic E-state index is -0.766. The number of halogens is 1. The molecule has 1 aromatic carbocycles. The molecular weight excluding hydrogens is 235 g/mol. The number of nitrogens with two attached hydrogens (primary N) is 1. The SMILES string of the molecule is CCOC1CC(Nc2ccc(F)cc2)(C(N)=O)C1. The molecule has 1 aromatic rings. The van der Waals surface area contributed by atoms with Crippen LogP contribution in [0.25, 0.3) is 0 Å². The predicted molar refractivity (Wildman–Crippen MR) is 66.6 cm³/mol. The minimum Gasteiger partial charge on any atom is -0.378 e. The molecule has 2 rings (SSSR count). The maximum atomic E-state index is 12.8. The molecule has 0 atom stereocenters. The highest BCUT2D eigenvalue weighted by molar-refractivity contribution is 5.89. The Bertz CT molecular complexity index is 427. The third-order valence-electron chi connectivity index (χ3n) is 3.25. The number of benzene rings is 1. The molecule has 98 valence electrons. The van der Waals surface area contributed by atoms with Crippen molar-refractivity contribution in [3.05, 3.63) is 30.1 Å². The molecular formula is C13H17FN2O2. The number of amides is 1. The highest BCUT2D eigenvalue weighted by Gasteiger charge is 2.49. The van der Waals surface area contributed by atoms with Crippen LogP contribution in [0.1, 0.15) is 19.8 Å². The molecule has 4 nitrogen and oxygen atoms in total. The van der Waals surface area contributed by atoms with E-state index in [0.717, 1.165) is 0 Å². The molecule has 3 N–H and O–H groups in total. The van der Waals surface area contributed by atoms with Crippen molar-refractivity contribution in [2.24, 2.45) is 5.73 Å². The summed E-state index contributed by atoms with van der Waals surface area (Å²) in [5.74, 6) is -0.711. The Morgan fingerprint density at radius 3 is 2.61 bits per heavy atom. The third kappa shape index (κ3) is 2.46. The largest absolute Gasteiger partial charge is 0.378 e. The number of ether oxygens (including phenoxy) is 1. The Hall–Kier alpha value is -1.62. The maximum absolute atomic E-state index is 12.8. The molecule has 0 bridgehead atoms. The number of nitrogens with one attached hydrogen (secondary N) is 1. The van der Waals surface area contributed by atoms with Crippen LogP contribution in [0, 0.1) is 5.82 Å². The van der Waals surface area contributed by atoms with E-state index in [0.29, 0.717) is 25.1 Å². The summed E-state index contributed by atoms with van der Waals surface area (Å²) in [6.45, 7) is 2.54. The molecule has 0 aliphatic heterocycles. The normalized spacial score (nSPS) is 26.4. The smallest absolute Gasteiger partial charge is 0.243 e.